The van der Waals surface area contributed by atoms with Crippen LogP contribution in [0.4, 0.5) is 5.95 Å². The molecule has 8 nitrogen and oxygen atoms in total. The Morgan fingerprint density at radius 3 is 2.86 bits per heavy atom. The van der Waals surface area contributed by atoms with E-state index >= 15 is 0 Å². The Balaban J connectivity index is 1.43. The number of thiazole rings is 1. The smallest absolute Gasteiger partial charge is 0.223 e. The number of hydrogen-bond acceptors (Lipinski definition) is 9. The maximum atomic E-state index is 10.2. The third-order valence-electron chi connectivity index (χ3n) is 6.00. The Labute approximate surface area is 174 Å². The van der Waals surface area contributed by atoms with Crippen LogP contribution in [-0.2, 0) is 22.7 Å². The molecule has 2 atom stereocenters. The van der Waals surface area contributed by atoms with E-state index in [0.29, 0.717) is 38.3 Å². The molecule has 0 amide bonds. The van der Waals surface area contributed by atoms with E-state index in [1.807, 2.05) is 6.20 Å². The number of nitrogens with one attached hydrogen (secondary N) is 1. The molecule has 2 saturated heterocycles. The number of nitrogens with zero attached hydrogens (tertiary/aromatic N) is 4. The molecule has 0 unspecified atom stereocenters. The second kappa shape index (κ2) is 8.23. The molecule has 156 valence electrons. The summed E-state index contributed by atoms with van der Waals surface area (Å²) in [7, 11) is 2.18. The van der Waals surface area contributed by atoms with Gasteiger partial charge < -0.3 is 24.8 Å². The first-order chi connectivity index (χ1) is 14.2. The summed E-state index contributed by atoms with van der Waals surface area (Å²) in [6.07, 6.45) is 4.31. The van der Waals surface area contributed by atoms with Crippen molar-refractivity contribution in [2.24, 2.45) is 0 Å². The number of fused-ring (bicyclic) bond motifs is 3. The summed E-state index contributed by atoms with van der Waals surface area (Å²) in [5.74, 6) is 1.06. The Morgan fingerprint density at radius 1 is 1.17 bits per heavy atom. The maximum Gasteiger partial charge on any atom is 0.223 e. The van der Waals surface area contributed by atoms with Gasteiger partial charge in [-0.25, -0.2) is 15.0 Å². The molecule has 5 heterocycles. The SMILES string of the molecule is CN1CCC(c2nc3c(s2)-c2nc(N[C@@H]4CCOC[C@H]4O)ncc2COC3)CC1. The topological polar surface area (TPSA) is 92.6 Å². The van der Waals surface area contributed by atoms with Crippen molar-refractivity contribution < 1.29 is 14.6 Å². The molecule has 5 rings (SSSR count). The number of ether oxygens (including phenoxy) is 2. The van der Waals surface area contributed by atoms with E-state index in [2.05, 4.69) is 22.2 Å². The van der Waals surface area contributed by atoms with Crippen LogP contribution in [0.5, 0.6) is 0 Å². The molecule has 2 aromatic heterocycles. The van der Waals surface area contributed by atoms with Crippen LogP contribution in [0.15, 0.2) is 6.20 Å². The zero-order valence-electron chi connectivity index (χ0n) is 16.6. The van der Waals surface area contributed by atoms with E-state index in [-0.39, 0.29) is 6.04 Å². The van der Waals surface area contributed by atoms with Gasteiger partial charge in [0.2, 0.25) is 5.95 Å². The average molecular weight is 418 g/mol. The van der Waals surface area contributed by atoms with Gasteiger partial charge >= 0.3 is 0 Å². The Bertz CT molecular complexity index is 868. The molecular formula is C20H27N5O3S. The second-order valence-electron chi connectivity index (χ2n) is 8.15. The predicted molar refractivity (Wildman–Crippen MR) is 110 cm³/mol. The van der Waals surface area contributed by atoms with E-state index in [0.717, 1.165) is 54.2 Å². The van der Waals surface area contributed by atoms with E-state index in [9.17, 15) is 5.11 Å². The van der Waals surface area contributed by atoms with Gasteiger partial charge in [0.1, 0.15) is 0 Å². The van der Waals surface area contributed by atoms with Crippen molar-refractivity contribution in [1.82, 2.24) is 19.9 Å². The van der Waals surface area contributed by atoms with Gasteiger partial charge in [0.25, 0.3) is 0 Å². The minimum Gasteiger partial charge on any atom is -0.389 e. The van der Waals surface area contributed by atoms with Crippen LogP contribution in [-0.4, -0.2) is 70.5 Å². The molecule has 29 heavy (non-hydrogen) atoms. The van der Waals surface area contributed by atoms with Crippen LogP contribution >= 0.6 is 11.3 Å². The van der Waals surface area contributed by atoms with Gasteiger partial charge in [-0.1, -0.05) is 0 Å². The van der Waals surface area contributed by atoms with Gasteiger partial charge in [-0.2, -0.15) is 0 Å². The summed E-state index contributed by atoms with van der Waals surface area (Å²) in [6.45, 7) is 4.21. The molecule has 0 saturated carbocycles. The molecule has 0 spiro atoms. The summed E-state index contributed by atoms with van der Waals surface area (Å²) in [4.78, 5) is 17.7. The minimum absolute atomic E-state index is 0.0976. The molecule has 0 bridgehead atoms. The number of aromatic nitrogens is 3. The maximum absolute atomic E-state index is 10.2. The zero-order valence-corrected chi connectivity index (χ0v) is 17.5. The van der Waals surface area contributed by atoms with Crippen molar-refractivity contribution in [1.29, 1.82) is 0 Å². The lowest BCUT2D eigenvalue weighted by atomic mass is 9.98. The third kappa shape index (κ3) is 4.02. The highest BCUT2D eigenvalue weighted by molar-refractivity contribution is 7.15. The molecule has 2 fully saturated rings. The molecule has 2 N–H and O–H groups in total. The lowest BCUT2D eigenvalue weighted by Gasteiger charge is -2.28. The third-order valence-corrected chi connectivity index (χ3v) is 7.27. The minimum atomic E-state index is -0.551. The van der Waals surface area contributed by atoms with Crippen molar-refractivity contribution in [3.05, 3.63) is 22.5 Å². The fraction of sp³-hybridized carbons (Fsp3) is 0.650. The normalized spacial score (nSPS) is 25.9. The van der Waals surface area contributed by atoms with Crippen LogP contribution in [0.2, 0.25) is 0 Å². The fourth-order valence-electron chi connectivity index (χ4n) is 4.18. The standard InChI is InChI=1S/C20H27N5O3S/c1-25-5-2-12(3-6-25)19-22-15-10-28-9-13-8-21-20(24-17(13)18(15)29-19)23-14-4-7-27-11-16(14)26/h8,12,14,16,26H,2-7,9-11H2,1H3,(H,21,23,24)/t14-,16-/m1/s1. The number of piperidine rings is 1. The molecule has 0 aliphatic carbocycles. The van der Waals surface area contributed by atoms with Gasteiger partial charge in [-0.3, -0.25) is 0 Å². The van der Waals surface area contributed by atoms with Crippen LogP contribution in [0.3, 0.4) is 0 Å². The predicted octanol–water partition coefficient (Wildman–Crippen LogP) is 2.00. The van der Waals surface area contributed by atoms with Crippen molar-refractivity contribution in [2.45, 2.75) is 50.5 Å². The summed E-state index contributed by atoms with van der Waals surface area (Å²) >= 11 is 1.76. The van der Waals surface area contributed by atoms with E-state index in [1.165, 1.54) is 5.01 Å². The molecule has 0 radical (unpaired) electrons. The van der Waals surface area contributed by atoms with E-state index in [1.54, 1.807) is 11.3 Å². The van der Waals surface area contributed by atoms with Crippen LogP contribution in [0, 0.1) is 0 Å². The first kappa shape index (κ1) is 19.3. The van der Waals surface area contributed by atoms with Crippen LogP contribution < -0.4 is 5.32 Å². The largest absolute Gasteiger partial charge is 0.389 e. The Kier molecular flexibility index (Phi) is 5.49. The van der Waals surface area contributed by atoms with E-state index < -0.39 is 6.10 Å². The fourth-order valence-corrected chi connectivity index (χ4v) is 5.44. The molecule has 2 aromatic rings. The lowest BCUT2D eigenvalue weighted by Crippen LogP contribution is -2.42. The van der Waals surface area contributed by atoms with Gasteiger partial charge in [0.05, 0.1) is 53.2 Å². The van der Waals surface area contributed by atoms with Crippen LogP contribution in [0.25, 0.3) is 10.6 Å². The molecule has 3 aliphatic heterocycles. The number of rotatable bonds is 3. The number of aliphatic hydroxyl groups is 1. The summed E-state index contributed by atoms with van der Waals surface area (Å²) in [5, 5.41) is 14.7. The van der Waals surface area contributed by atoms with Gasteiger partial charge in [-0.05, 0) is 39.4 Å². The summed E-state index contributed by atoms with van der Waals surface area (Å²) in [6, 6.07) is -0.0976. The number of likely N-dealkylation sites (tertiary alicyclic amines) is 1. The number of aliphatic hydroxyl groups excluding tert-OH is 1. The summed E-state index contributed by atoms with van der Waals surface area (Å²) < 4.78 is 11.2. The molecule has 3 aliphatic rings. The van der Waals surface area contributed by atoms with Crippen molar-refractivity contribution in [3.8, 4) is 10.6 Å². The van der Waals surface area contributed by atoms with Gasteiger partial charge in [-0.15, -0.1) is 11.3 Å². The highest BCUT2D eigenvalue weighted by Crippen LogP contribution is 2.40. The Morgan fingerprint density at radius 2 is 2.03 bits per heavy atom. The van der Waals surface area contributed by atoms with Crippen molar-refractivity contribution >= 4 is 17.3 Å². The monoisotopic (exact) mass is 417 g/mol. The molecule has 9 heteroatoms. The zero-order chi connectivity index (χ0) is 19.8. The highest BCUT2D eigenvalue weighted by Gasteiger charge is 2.28. The number of anilines is 1. The highest BCUT2D eigenvalue weighted by atomic mass is 32.1. The average Bonchev–Trinajstić information content (AvgIpc) is 3.08. The first-order valence-electron chi connectivity index (χ1n) is 10.3. The quantitative estimate of drug-likeness (QED) is 0.783. The van der Waals surface area contributed by atoms with Crippen LogP contribution in [0.1, 0.15) is 41.4 Å². The van der Waals surface area contributed by atoms with Crippen molar-refractivity contribution in [2.75, 3.05) is 38.7 Å². The van der Waals surface area contributed by atoms with Gasteiger partial charge in [0, 0.05) is 24.3 Å². The summed E-state index contributed by atoms with van der Waals surface area (Å²) in [5.41, 5.74) is 2.88. The first-order valence-corrected chi connectivity index (χ1v) is 11.1. The molecule has 0 aromatic carbocycles. The molecular weight excluding hydrogens is 390 g/mol. The van der Waals surface area contributed by atoms with E-state index in [4.69, 9.17) is 19.4 Å². The van der Waals surface area contributed by atoms with Crippen molar-refractivity contribution in [3.63, 3.8) is 0 Å². The Hall–Kier alpha value is -1.65. The number of hydrogen-bond donors (Lipinski definition) is 2. The van der Waals surface area contributed by atoms with Gasteiger partial charge in [0.15, 0.2) is 0 Å². The lowest BCUT2D eigenvalue weighted by molar-refractivity contribution is -0.0136. The second-order valence-corrected chi connectivity index (χ2v) is 9.18.